The van der Waals surface area contributed by atoms with Crippen molar-refractivity contribution in [2.24, 2.45) is 4.99 Å². The van der Waals surface area contributed by atoms with E-state index in [1.165, 1.54) is 10.5 Å². The number of aryl methyl sites for hydroxylation is 1. The van der Waals surface area contributed by atoms with Gasteiger partial charge in [0.1, 0.15) is 6.54 Å². The Labute approximate surface area is 186 Å². The summed E-state index contributed by atoms with van der Waals surface area (Å²) < 4.78 is 0. The van der Waals surface area contributed by atoms with Crippen molar-refractivity contribution in [2.75, 3.05) is 16.8 Å². The second-order valence-corrected chi connectivity index (χ2v) is 7.69. The first kappa shape index (κ1) is 20.8. The Morgan fingerprint density at radius 1 is 1.03 bits per heavy atom. The fraction of sp³-hybridized carbons (Fsp3) is 0.160. The number of nitrogens with one attached hydrogen (secondary N) is 1. The lowest BCUT2D eigenvalue weighted by molar-refractivity contribution is -0.120. The first-order valence-corrected chi connectivity index (χ1v) is 10.5. The van der Waals surface area contributed by atoms with E-state index >= 15 is 0 Å². The molecule has 2 amide bonds. The standard InChI is InChI=1S/C25H22ClN3O2/c1-2-17-11-13-18(14-12-17)22-15-25(31)29(23-10-6-5-9-21(23)27-22)16-24(30)28-20-8-4-3-7-19(20)26/h3-14H,2,15-16H2,1H3,(H,28,30). The van der Waals surface area contributed by atoms with Crippen molar-refractivity contribution in [1.29, 1.82) is 0 Å². The number of hydrogen-bond acceptors (Lipinski definition) is 3. The second-order valence-electron chi connectivity index (χ2n) is 7.28. The van der Waals surface area contributed by atoms with Crippen LogP contribution >= 0.6 is 11.6 Å². The van der Waals surface area contributed by atoms with E-state index in [9.17, 15) is 9.59 Å². The summed E-state index contributed by atoms with van der Waals surface area (Å²) in [4.78, 5) is 32.2. The lowest BCUT2D eigenvalue weighted by atomic mass is 10.0. The molecule has 3 aromatic carbocycles. The van der Waals surface area contributed by atoms with Gasteiger partial charge in [0.2, 0.25) is 11.8 Å². The van der Waals surface area contributed by atoms with Gasteiger partial charge in [0.15, 0.2) is 0 Å². The largest absolute Gasteiger partial charge is 0.323 e. The van der Waals surface area contributed by atoms with E-state index in [1.807, 2.05) is 48.5 Å². The van der Waals surface area contributed by atoms with Crippen molar-refractivity contribution in [3.63, 3.8) is 0 Å². The number of amides is 2. The third kappa shape index (κ3) is 4.67. The van der Waals surface area contributed by atoms with Crippen LogP contribution in [0.15, 0.2) is 77.8 Å². The van der Waals surface area contributed by atoms with Crippen LogP contribution < -0.4 is 10.2 Å². The van der Waals surface area contributed by atoms with Crippen molar-refractivity contribution in [3.8, 4) is 0 Å². The predicted octanol–water partition coefficient (Wildman–Crippen LogP) is 5.40. The van der Waals surface area contributed by atoms with Crippen molar-refractivity contribution < 1.29 is 9.59 Å². The molecule has 1 aliphatic heterocycles. The van der Waals surface area contributed by atoms with Crippen LogP contribution in [0, 0.1) is 0 Å². The van der Waals surface area contributed by atoms with E-state index in [0.717, 1.165) is 12.0 Å². The van der Waals surface area contributed by atoms with Crippen molar-refractivity contribution in [3.05, 3.63) is 88.9 Å². The molecule has 0 radical (unpaired) electrons. The van der Waals surface area contributed by atoms with Crippen LogP contribution in [0.4, 0.5) is 17.1 Å². The molecule has 0 spiro atoms. The van der Waals surface area contributed by atoms with Gasteiger partial charge < -0.3 is 10.2 Å². The molecule has 1 aliphatic rings. The maximum Gasteiger partial charge on any atom is 0.244 e. The Balaban J connectivity index is 1.61. The number of hydrogen-bond donors (Lipinski definition) is 1. The Kier molecular flexibility index (Phi) is 6.14. The minimum absolute atomic E-state index is 0.111. The van der Waals surface area contributed by atoms with Gasteiger partial charge in [-0.3, -0.25) is 14.6 Å². The molecule has 156 valence electrons. The zero-order valence-corrected chi connectivity index (χ0v) is 17.9. The summed E-state index contributed by atoms with van der Waals surface area (Å²) >= 11 is 6.14. The molecule has 0 aliphatic carbocycles. The fourth-order valence-electron chi connectivity index (χ4n) is 3.51. The number of aliphatic imine (C=N–C) groups is 1. The molecule has 4 rings (SSSR count). The molecule has 5 nitrogen and oxygen atoms in total. The number of halogens is 1. The maximum absolute atomic E-state index is 13.2. The van der Waals surface area contributed by atoms with Crippen LogP contribution in [0.3, 0.4) is 0 Å². The van der Waals surface area contributed by atoms with Gasteiger partial charge in [0, 0.05) is 0 Å². The quantitative estimate of drug-likeness (QED) is 0.588. The molecular formula is C25H22ClN3O2. The molecule has 6 heteroatoms. The molecule has 0 fully saturated rings. The average Bonchev–Trinajstić information content (AvgIpc) is 2.92. The minimum atomic E-state index is -0.327. The smallest absolute Gasteiger partial charge is 0.244 e. The SMILES string of the molecule is CCc1ccc(C2=Nc3ccccc3N(CC(=O)Nc3ccccc3Cl)C(=O)C2)cc1. The third-order valence-corrected chi connectivity index (χ3v) is 5.52. The molecule has 3 aromatic rings. The lowest BCUT2D eigenvalue weighted by Crippen LogP contribution is -2.38. The van der Waals surface area contributed by atoms with Gasteiger partial charge >= 0.3 is 0 Å². The zero-order chi connectivity index (χ0) is 21.8. The molecule has 0 saturated carbocycles. The predicted molar refractivity (Wildman–Crippen MR) is 126 cm³/mol. The molecule has 1 heterocycles. The van der Waals surface area contributed by atoms with Gasteiger partial charge in [0.25, 0.3) is 0 Å². The Hall–Kier alpha value is -3.44. The number of nitrogens with zero attached hydrogens (tertiary/aromatic N) is 2. The Morgan fingerprint density at radius 3 is 2.48 bits per heavy atom. The number of carbonyl (C=O) groups is 2. The molecule has 0 unspecified atom stereocenters. The third-order valence-electron chi connectivity index (χ3n) is 5.19. The first-order valence-electron chi connectivity index (χ1n) is 10.2. The number of carbonyl (C=O) groups excluding carboxylic acids is 2. The van der Waals surface area contributed by atoms with E-state index in [1.54, 1.807) is 24.3 Å². The topological polar surface area (TPSA) is 61.8 Å². The van der Waals surface area contributed by atoms with Crippen LogP contribution in [0.1, 0.15) is 24.5 Å². The normalized spacial score (nSPS) is 13.3. The number of para-hydroxylation sites is 3. The zero-order valence-electron chi connectivity index (χ0n) is 17.1. The van der Waals surface area contributed by atoms with Crippen LogP contribution in [-0.2, 0) is 16.0 Å². The molecule has 31 heavy (non-hydrogen) atoms. The second kappa shape index (κ2) is 9.14. The number of fused-ring (bicyclic) bond motifs is 1. The van der Waals surface area contributed by atoms with E-state index in [2.05, 4.69) is 12.2 Å². The lowest BCUT2D eigenvalue weighted by Gasteiger charge is -2.22. The van der Waals surface area contributed by atoms with Gasteiger partial charge in [-0.05, 0) is 41.8 Å². The van der Waals surface area contributed by atoms with Gasteiger partial charge in [-0.1, -0.05) is 67.1 Å². The van der Waals surface area contributed by atoms with Crippen LogP contribution in [0.5, 0.6) is 0 Å². The summed E-state index contributed by atoms with van der Waals surface area (Å²) in [6, 6.07) is 22.5. The summed E-state index contributed by atoms with van der Waals surface area (Å²) in [5, 5.41) is 3.23. The van der Waals surface area contributed by atoms with Crippen molar-refractivity contribution >= 4 is 46.2 Å². The van der Waals surface area contributed by atoms with Gasteiger partial charge in [-0.2, -0.15) is 0 Å². The molecule has 0 aromatic heterocycles. The monoisotopic (exact) mass is 431 g/mol. The highest BCUT2D eigenvalue weighted by atomic mass is 35.5. The molecule has 0 bridgehead atoms. The minimum Gasteiger partial charge on any atom is -0.323 e. The number of rotatable bonds is 5. The van der Waals surface area contributed by atoms with Crippen LogP contribution in [0.2, 0.25) is 5.02 Å². The summed E-state index contributed by atoms with van der Waals surface area (Å²) in [5.74, 6) is -0.510. The van der Waals surface area contributed by atoms with Gasteiger partial charge in [-0.25, -0.2) is 0 Å². The number of anilines is 2. The van der Waals surface area contributed by atoms with E-state index in [4.69, 9.17) is 16.6 Å². The van der Waals surface area contributed by atoms with E-state index in [-0.39, 0.29) is 24.8 Å². The fourth-order valence-corrected chi connectivity index (χ4v) is 3.70. The summed E-state index contributed by atoms with van der Waals surface area (Å²) in [6.45, 7) is 1.97. The summed E-state index contributed by atoms with van der Waals surface area (Å²) in [6.07, 6.45) is 1.06. The summed E-state index contributed by atoms with van der Waals surface area (Å²) in [7, 11) is 0. The van der Waals surface area contributed by atoms with Gasteiger partial charge in [0.05, 0.1) is 34.2 Å². The number of benzene rings is 3. The highest BCUT2D eigenvalue weighted by molar-refractivity contribution is 6.33. The van der Waals surface area contributed by atoms with Crippen LogP contribution in [0.25, 0.3) is 0 Å². The molecule has 0 saturated heterocycles. The average molecular weight is 432 g/mol. The summed E-state index contributed by atoms with van der Waals surface area (Å²) in [5.41, 5.74) is 4.60. The highest BCUT2D eigenvalue weighted by Gasteiger charge is 2.26. The molecule has 1 N–H and O–H groups in total. The van der Waals surface area contributed by atoms with E-state index in [0.29, 0.717) is 27.8 Å². The maximum atomic E-state index is 13.2. The van der Waals surface area contributed by atoms with Gasteiger partial charge in [-0.15, -0.1) is 0 Å². The van der Waals surface area contributed by atoms with Crippen LogP contribution in [-0.4, -0.2) is 24.1 Å². The van der Waals surface area contributed by atoms with E-state index < -0.39 is 0 Å². The van der Waals surface area contributed by atoms with Crippen molar-refractivity contribution in [2.45, 2.75) is 19.8 Å². The molecular weight excluding hydrogens is 410 g/mol. The highest BCUT2D eigenvalue weighted by Crippen LogP contribution is 2.33. The van der Waals surface area contributed by atoms with Crippen molar-refractivity contribution in [1.82, 2.24) is 0 Å². The Bertz CT molecular complexity index is 1160. The first-order chi connectivity index (χ1) is 15.0. The molecule has 0 atom stereocenters. The Morgan fingerprint density at radius 2 is 1.74 bits per heavy atom.